The van der Waals surface area contributed by atoms with Gasteiger partial charge < -0.3 is 19.7 Å². The topological polar surface area (TPSA) is 66.8 Å². The highest BCUT2D eigenvalue weighted by atomic mass is 16.5. The quantitative estimate of drug-likeness (QED) is 0.717. The third-order valence-electron chi connectivity index (χ3n) is 2.08. The van der Waals surface area contributed by atoms with Crippen LogP contribution in [0, 0.1) is 0 Å². The summed E-state index contributed by atoms with van der Waals surface area (Å²) in [6.45, 7) is 2.32. The van der Waals surface area contributed by atoms with Gasteiger partial charge in [0.25, 0.3) is 0 Å². The summed E-state index contributed by atoms with van der Waals surface area (Å²) in [5.74, 6) is 0.258. The van der Waals surface area contributed by atoms with Gasteiger partial charge in [-0.15, -0.1) is 0 Å². The zero-order chi connectivity index (χ0) is 13.6. The minimum atomic E-state index is 0.0278. The van der Waals surface area contributed by atoms with Crippen LogP contribution in [-0.2, 0) is 16.0 Å². The molecule has 1 aromatic rings. The lowest BCUT2D eigenvalue weighted by atomic mass is 10.1. The van der Waals surface area contributed by atoms with Gasteiger partial charge in [-0.25, -0.2) is 0 Å². The number of carbonyl (C=O) groups excluding carboxylic acids is 1. The summed E-state index contributed by atoms with van der Waals surface area (Å²) in [7, 11) is 0. The molecule has 0 saturated heterocycles. The summed E-state index contributed by atoms with van der Waals surface area (Å²) in [4.78, 5) is 10.6. The SMILES string of the molecule is CC(=O)CCc1ccccc1.OCCOCCO. The van der Waals surface area contributed by atoms with Crippen LogP contribution < -0.4 is 0 Å². The first kappa shape index (κ1) is 16.8. The maximum atomic E-state index is 10.6. The molecule has 0 fully saturated rings. The molecule has 0 amide bonds. The summed E-state index contributed by atoms with van der Waals surface area (Å²) >= 11 is 0. The van der Waals surface area contributed by atoms with Gasteiger partial charge in [0.2, 0.25) is 0 Å². The number of Topliss-reactive ketones (excluding diaryl/α,β-unsaturated/α-hetero) is 1. The van der Waals surface area contributed by atoms with Gasteiger partial charge in [-0.1, -0.05) is 30.3 Å². The molecule has 18 heavy (non-hydrogen) atoms. The van der Waals surface area contributed by atoms with Crippen molar-refractivity contribution in [3.63, 3.8) is 0 Å². The fourth-order valence-corrected chi connectivity index (χ4v) is 1.20. The summed E-state index contributed by atoms with van der Waals surface area (Å²) in [6.07, 6.45) is 1.53. The Morgan fingerprint density at radius 3 is 2.11 bits per heavy atom. The van der Waals surface area contributed by atoms with E-state index in [1.165, 1.54) is 5.56 Å². The molecule has 2 N–H and O–H groups in total. The molecule has 0 aliphatic rings. The second-order valence-corrected chi connectivity index (χ2v) is 3.75. The highest BCUT2D eigenvalue weighted by Crippen LogP contribution is 2.01. The predicted octanol–water partition coefficient (Wildman–Crippen LogP) is 1.20. The lowest BCUT2D eigenvalue weighted by molar-refractivity contribution is -0.116. The van der Waals surface area contributed by atoms with E-state index >= 15 is 0 Å². The van der Waals surface area contributed by atoms with Gasteiger partial charge in [-0.2, -0.15) is 0 Å². The third-order valence-corrected chi connectivity index (χ3v) is 2.08. The van der Waals surface area contributed by atoms with Gasteiger partial charge in [-0.05, 0) is 18.9 Å². The van der Waals surface area contributed by atoms with Crippen LogP contribution in [0.2, 0.25) is 0 Å². The van der Waals surface area contributed by atoms with E-state index in [1.54, 1.807) is 6.92 Å². The first-order valence-electron chi connectivity index (χ1n) is 6.03. The van der Waals surface area contributed by atoms with Crippen molar-refractivity contribution in [2.75, 3.05) is 26.4 Å². The molecule has 0 radical (unpaired) electrons. The van der Waals surface area contributed by atoms with Gasteiger partial charge in [-0.3, -0.25) is 0 Å². The van der Waals surface area contributed by atoms with E-state index < -0.39 is 0 Å². The molecule has 0 bridgehead atoms. The number of hydrogen-bond donors (Lipinski definition) is 2. The van der Waals surface area contributed by atoms with Crippen LogP contribution in [0.25, 0.3) is 0 Å². The number of aliphatic hydroxyl groups is 2. The number of ketones is 1. The normalized spacial score (nSPS) is 9.50. The predicted molar refractivity (Wildman–Crippen MR) is 70.4 cm³/mol. The highest BCUT2D eigenvalue weighted by Gasteiger charge is 1.94. The molecule has 1 rings (SSSR count). The lowest BCUT2D eigenvalue weighted by Crippen LogP contribution is -2.03. The Morgan fingerprint density at radius 2 is 1.67 bits per heavy atom. The molecule has 0 spiro atoms. The molecule has 0 saturated carbocycles. The molecule has 4 heteroatoms. The average Bonchev–Trinajstić information content (AvgIpc) is 2.39. The first-order valence-corrected chi connectivity index (χ1v) is 6.03. The zero-order valence-corrected chi connectivity index (χ0v) is 10.8. The van der Waals surface area contributed by atoms with E-state index in [-0.39, 0.29) is 19.0 Å². The van der Waals surface area contributed by atoms with Gasteiger partial charge in [0, 0.05) is 6.42 Å². The molecule has 0 aromatic heterocycles. The average molecular weight is 254 g/mol. The minimum Gasteiger partial charge on any atom is -0.394 e. The van der Waals surface area contributed by atoms with Crippen molar-refractivity contribution in [3.05, 3.63) is 35.9 Å². The maximum absolute atomic E-state index is 10.6. The van der Waals surface area contributed by atoms with E-state index in [4.69, 9.17) is 10.2 Å². The molecule has 0 atom stereocenters. The van der Waals surface area contributed by atoms with E-state index in [1.807, 2.05) is 30.3 Å². The Hall–Kier alpha value is -1.23. The smallest absolute Gasteiger partial charge is 0.130 e. The Balaban J connectivity index is 0.000000360. The van der Waals surface area contributed by atoms with E-state index in [2.05, 4.69) is 4.74 Å². The Labute approximate surface area is 108 Å². The van der Waals surface area contributed by atoms with Crippen LogP contribution in [0.5, 0.6) is 0 Å². The summed E-state index contributed by atoms with van der Waals surface area (Å²) < 4.78 is 4.63. The molecule has 0 aliphatic heterocycles. The van der Waals surface area contributed by atoms with Crippen LogP contribution in [0.4, 0.5) is 0 Å². The van der Waals surface area contributed by atoms with Crippen molar-refractivity contribution in [3.8, 4) is 0 Å². The summed E-state index contributed by atoms with van der Waals surface area (Å²) in [5, 5.41) is 16.2. The van der Waals surface area contributed by atoms with Gasteiger partial charge >= 0.3 is 0 Å². The monoisotopic (exact) mass is 254 g/mol. The number of ether oxygens (including phenoxy) is 1. The summed E-state index contributed by atoms with van der Waals surface area (Å²) in [5.41, 5.74) is 1.24. The molecule has 102 valence electrons. The number of aliphatic hydroxyl groups excluding tert-OH is 2. The first-order chi connectivity index (χ1) is 8.70. The third kappa shape index (κ3) is 11.3. The number of hydrogen-bond acceptors (Lipinski definition) is 4. The zero-order valence-electron chi connectivity index (χ0n) is 10.8. The highest BCUT2D eigenvalue weighted by molar-refractivity contribution is 5.75. The van der Waals surface area contributed by atoms with E-state index in [9.17, 15) is 4.79 Å². The van der Waals surface area contributed by atoms with Crippen molar-refractivity contribution in [2.24, 2.45) is 0 Å². The number of rotatable bonds is 7. The second-order valence-electron chi connectivity index (χ2n) is 3.75. The van der Waals surface area contributed by atoms with Gasteiger partial charge in [0.1, 0.15) is 5.78 Å². The van der Waals surface area contributed by atoms with Crippen LogP contribution in [0.15, 0.2) is 30.3 Å². The molecule has 0 aliphatic carbocycles. The molecular weight excluding hydrogens is 232 g/mol. The molecule has 0 unspecified atom stereocenters. The van der Waals surface area contributed by atoms with Crippen molar-refractivity contribution < 1.29 is 19.7 Å². The van der Waals surface area contributed by atoms with Crippen molar-refractivity contribution in [1.29, 1.82) is 0 Å². The number of aryl methyl sites for hydroxylation is 1. The van der Waals surface area contributed by atoms with Crippen LogP contribution in [0.1, 0.15) is 18.9 Å². The number of carbonyl (C=O) groups is 1. The standard InChI is InChI=1S/C10H12O.C4H10O3/c1-9(11)7-8-10-5-3-2-4-6-10;5-1-3-7-4-2-6/h2-6H,7-8H2,1H3;5-6H,1-4H2. The van der Waals surface area contributed by atoms with E-state index in [0.717, 1.165) is 6.42 Å². The van der Waals surface area contributed by atoms with Gasteiger partial charge in [0.05, 0.1) is 26.4 Å². The number of benzene rings is 1. The van der Waals surface area contributed by atoms with Crippen molar-refractivity contribution >= 4 is 5.78 Å². The second kappa shape index (κ2) is 12.2. The molecule has 1 aromatic carbocycles. The molecular formula is C14H22O4. The molecule has 4 nitrogen and oxygen atoms in total. The largest absolute Gasteiger partial charge is 0.394 e. The van der Waals surface area contributed by atoms with Crippen LogP contribution >= 0.6 is 0 Å². The van der Waals surface area contributed by atoms with Crippen molar-refractivity contribution in [2.45, 2.75) is 19.8 Å². The lowest BCUT2D eigenvalue weighted by Gasteiger charge is -1.96. The van der Waals surface area contributed by atoms with Crippen molar-refractivity contribution in [1.82, 2.24) is 0 Å². The van der Waals surface area contributed by atoms with Crippen LogP contribution in [-0.4, -0.2) is 42.4 Å². The molecule has 0 heterocycles. The summed E-state index contributed by atoms with van der Waals surface area (Å²) in [6, 6.07) is 10.1. The Kier molecular flexibility index (Phi) is 11.4. The Bertz CT molecular complexity index is 294. The fourth-order valence-electron chi connectivity index (χ4n) is 1.20. The minimum absolute atomic E-state index is 0.0278. The fraction of sp³-hybridized carbons (Fsp3) is 0.500. The Morgan fingerprint density at radius 1 is 1.11 bits per heavy atom. The van der Waals surface area contributed by atoms with E-state index in [0.29, 0.717) is 19.6 Å². The van der Waals surface area contributed by atoms with Gasteiger partial charge in [0.15, 0.2) is 0 Å². The maximum Gasteiger partial charge on any atom is 0.130 e. The van der Waals surface area contributed by atoms with Crippen LogP contribution in [0.3, 0.4) is 0 Å².